The van der Waals surface area contributed by atoms with Gasteiger partial charge in [0.05, 0.1) is 13.2 Å². The van der Waals surface area contributed by atoms with Gasteiger partial charge in [0.15, 0.2) is 11.5 Å². The van der Waals surface area contributed by atoms with E-state index in [1.54, 1.807) is 18.2 Å². The van der Waals surface area contributed by atoms with Crippen LogP contribution in [-0.2, 0) is 0 Å². The summed E-state index contributed by atoms with van der Waals surface area (Å²) < 4.78 is 10.8. The van der Waals surface area contributed by atoms with Crippen molar-refractivity contribution in [1.29, 1.82) is 0 Å². The van der Waals surface area contributed by atoms with Gasteiger partial charge in [0.1, 0.15) is 0 Å². The van der Waals surface area contributed by atoms with Gasteiger partial charge >= 0.3 is 6.03 Å². The maximum Gasteiger partial charge on any atom is 0.333 e. The Hall–Kier alpha value is -1.95. The number of hydrogen-bond acceptors (Lipinski definition) is 4. The molecule has 0 radical (unpaired) electrons. The number of urea groups is 1. The molecule has 17 heavy (non-hydrogen) atoms. The van der Waals surface area contributed by atoms with Crippen molar-refractivity contribution in [3.63, 3.8) is 0 Å². The van der Waals surface area contributed by atoms with Crippen LogP contribution in [-0.4, -0.2) is 19.2 Å². The number of hydrogen-bond donors (Lipinski definition) is 3. The normalized spacial score (nSPS) is 9.59. The van der Waals surface area contributed by atoms with Crippen LogP contribution in [0, 0.1) is 0 Å². The molecule has 0 aliphatic carbocycles. The lowest BCUT2D eigenvalue weighted by Crippen LogP contribution is -2.34. The van der Waals surface area contributed by atoms with E-state index in [0.29, 0.717) is 30.4 Å². The molecule has 94 valence electrons. The van der Waals surface area contributed by atoms with Crippen molar-refractivity contribution in [2.75, 3.05) is 18.5 Å². The van der Waals surface area contributed by atoms with Crippen LogP contribution in [0.15, 0.2) is 18.2 Å². The predicted molar refractivity (Wildman–Crippen MR) is 65.1 cm³/mol. The third-order valence-corrected chi connectivity index (χ3v) is 1.93. The Morgan fingerprint density at radius 1 is 1.24 bits per heavy atom. The van der Waals surface area contributed by atoms with Gasteiger partial charge in [-0.1, -0.05) is 0 Å². The Labute approximate surface area is 100 Å². The Morgan fingerprint density at radius 2 is 1.88 bits per heavy atom. The molecular formula is C11H17N3O3. The zero-order chi connectivity index (χ0) is 12.7. The van der Waals surface area contributed by atoms with Crippen LogP contribution in [0.2, 0.25) is 0 Å². The van der Waals surface area contributed by atoms with Crippen LogP contribution in [0.1, 0.15) is 13.8 Å². The molecule has 4 N–H and O–H groups in total. The first-order valence-corrected chi connectivity index (χ1v) is 5.38. The van der Waals surface area contributed by atoms with Crippen molar-refractivity contribution in [3.05, 3.63) is 18.2 Å². The van der Waals surface area contributed by atoms with Gasteiger partial charge < -0.3 is 14.8 Å². The highest BCUT2D eigenvalue weighted by Crippen LogP contribution is 2.30. The molecule has 0 heterocycles. The van der Waals surface area contributed by atoms with Crippen LogP contribution in [0.4, 0.5) is 10.5 Å². The fraction of sp³-hybridized carbons (Fsp3) is 0.364. The van der Waals surface area contributed by atoms with E-state index < -0.39 is 6.03 Å². The molecule has 0 fully saturated rings. The summed E-state index contributed by atoms with van der Waals surface area (Å²) in [6.07, 6.45) is 0. The second kappa shape index (κ2) is 6.59. The Bertz CT molecular complexity index is 382. The van der Waals surface area contributed by atoms with E-state index in [1.165, 1.54) is 0 Å². The topological polar surface area (TPSA) is 85.6 Å². The number of hydrazine groups is 1. The number of amides is 2. The Kier molecular flexibility index (Phi) is 5.09. The molecular weight excluding hydrogens is 222 g/mol. The van der Waals surface area contributed by atoms with E-state index in [-0.39, 0.29) is 0 Å². The van der Waals surface area contributed by atoms with Crippen molar-refractivity contribution in [3.8, 4) is 11.5 Å². The van der Waals surface area contributed by atoms with Crippen LogP contribution in [0.25, 0.3) is 0 Å². The molecule has 6 nitrogen and oxygen atoms in total. The molecule has 0 saturated heterocycles. The van der Waals surface area contributed by atoms with Gasteiger partial charge in [-0.2, -0.15) is 0 Å². The highest BCUT2D eigenvalue weighted by atomic mass is 16.5. The molecule has 0 atom stereocenters. The second-order valence-electron chi connectivity index (χ2n) is 3.13. The quantitative estimate of drug-likeness (QED) is 0.412. The lowest BCUT2D eigenvalue weighted by atomic mass is 10.2. The molecule has 1 rings (SSSR count). The van der Waals surface area contributed by atoms with Crippen molar-refractivity contribution in [2.24, 2.45) is 5.84 Å². The Morgan fingerprint density at radius 3 is 2.47 bits per heavy atom. The third kappa shape index (κ3) is 3.84. The first kappa shape index (κ1) is 13.1. The van der Waals surface area contributed by atoms with Crippen molar-refractivity contribution in [2.45, 2.75) is 13.8 Å². The third-order valence-electron chi connectivity index (χ3n) is 1.93. The van der Waals surface area contributed by atoms with Gasteiger partial charge in [0.2, 0.25) is 0 Å². The zero-order valence-corrected chi connectivity index (χ0v) is 9.95. The monoisotopic (exact) mass is 239 g/mol. The fourth-order valence-electron chi connectivity index (χ4n) is 1.30. The van der Waals surface area contributed by atoms with E-state index in [9.17, 15) is 4.79 Å². The van der Waals surface area contributed by atoms with Gasteiger partial charge in [-0.25, -0.2) is 10.6 Å². The maximum atomic E-state index is 11.0. The molecule has 0 saturated carbocycles. The molecule has 0 spiro atoms. The van der Waals surface area contributed by atoms with Crippen molar-refractivity contribution >= 4 is 11.7 Å². The number of ether oxygens (including phenoxy) is 2. The minimum Gasteiger partial charge on any atom is -0.490 e. The lowest BCUT2D eigenvalue weighted by molar-refractivity contribution is 0.252. The predicted octanol–water partition coefficient (Wildman–Crippen LogP) is 1.48. The zero-order valence-electron chi connectivity index (χ0n) is 9.95. The molecule has 1 aromatic carbocycles. The largest absolute Gasteiger partial charge is 0.490 e. The number of anilines is 1. The first-order valence-electron chi connectivity index (χ1n) is 5.38. The first-order chi connectivity index (χ1) is 8.21. The highest BCUT2D eigenvalue weighted by molar-refractivity contribution is 5.89. The van der Waals surface area contributed by atoms with E-state index >= 15 is 0 Å². The minimum atomic E-state index is -0.489. The molecule has 1 aromatic rings. The van der Waals surface area contributed by atoms with E-state index in [2.05, 4.69) is 5.32 Å². The molecule has 0 aromatic heterocycles. The van der Waals surface area contributed by atoms with Gasteiger partial charge in [-0.3, -0.25) is 5.43 Å². The van der Waals surface area contributed by atoms with Gasteiger partial charge in [0.25, 0.3) is 0 Å². The summed E-state index contributed by atoms with van der Waals surface area (Å²) in [5.74, 6) is 6.21. The number of carbonyl (C=O) groups excluding carboxylic acids is 1. The van der Waals surface area contributed by atoms with E-state index in [4.69, 9.17) is 15.3 Å². The summed E-state index contributed by atoms with van der Waals surface area (Å²) in [4.78, 5) is 11.0. The van der Waals surface area contributed by atoms with Gasteiger partial charge in [-0.05, 0) is 26.0 Å². The number of nitrogens with one attached hydrogen (secondary N) is 2. The molecule has 0 bridgehead atoms. The summed E-state index contributed by atoms with van der Waals surface area (Å²) in [7, 11) is 0. The molecule has 6 heteroatoms. The summed E-state index contributed by atoms with van der Waals surface area (Å²) >= 11 is 0. The van der Waals surface area contributed by atoms with Crippen LogP contribution < -0.4 is 26.1 Å². The molecule has 0 aliphatic heterocycles. The van der Waals surface area contributed by atoms with Crippen LogP contribution >= 0.6 is 0 Å². The minimum absolute atomic E-state index is 0.489. The van der Waals surface area contributed by atoms with E-state index in [0.717, 1.165) is 0 Å². The Balaban J connectivity index is 2.88. The second-order valence-corrected chi connectivity index (χ2v) is 3.13. The molecule has 2 amide bonds. The summed E-state index contributed by atoms with van der Waals surface area (Å²) in [5, 5.41) is 2.55. The van der Waals surface area contributed by atoms with Crippen molar-refractivity contribution < 1.29 is 14.3 Å². The molecule has 0 aliphatic rings. The summed E-state index contributed by atoms with van der Waals surface area (Å²) in [6, 6.07) is 4.64. The SMILES string of the molecule is CCOc1ccc(NC(=O)NN)cc1OCC. The average Bonchev–Trinajstić information content (AvgIpc) is 2.33. The average molecular weight is 239 g/mol. The smallest absolute Gasteiger partial charge is 0.333 e. The molecule has 0 unspecified atom stereocenters. The highest BCUT2D eigenvalue weighted by Gasteiger charge is 2.07. The van der Waals surface area contributed by atoms with Crippen molar-refractivity contribution in [1.82, 2.24) is 5.43 Å². The van der Waals surface area contributed by atoms with Gasteiger partial charge in [-0.15, -0.1) is 0 Å². The maximum absolute atomic E-state index is 11.0. The lowest BCUT2D eigenvalue weighted by Gasteiger charge is -2.12. The van der Waals surface area contributed by atoms with Gasteiger partial charge in [0, 0.05) is 11.8 Å². The number of rotatable bonds is 5. The number of carbonyl (C=O) groups is 1. The fourth-order valence-corrected chi connectivity index (χ4v) is 1.30. The van der Waals surface area contributed by atoms with E-state index in [1.807, 2.05) is 19.3 Å². The van der Waals surface area contributed by atoms with Crippen LogP contribution in [0.3, 0.4) is 0 Å². The van der Waals surface area contributed by atoms with Crippen LogP contribution in [0.5, 0.6) is 11.5 Å². The standard InChI is InChI=1S/C11H17N3O3/c1-3-16-9-6-5-8(13-11(15)14-12)7-10(9)17-4-2/h5-7H,3-4,12H2,1-2H3,(H2,13,14,15). The number of nitrogens with two attached hydrogens (primary N) is 1. The number of benzene rings is 1. The summed E-state index contributed by atoms with van der Waals surface area (Å²) in [6.45, 7) is 4.84. The summed E-state index contributed by atoms with van der Waals surface area (Å²) in [5.41, 5.74) is 2.57.